The first kappa shape index (κ1) is 20.8. The third-order valence-corrected chi connectivity index (χ3v) is 6.57. The Kier molecular flexibility index (Phi) is 5.99. The zero-order valence-corrected chi connectivity index (χ0v) is 13.0. The Labute approximate surface area is 133 Å². The van der Waals surface area contributed by atoms with Crippen LogP contribution >= 0.6 is 11.1 Å². The average molecular weight is 407 g/mol. The van der Waals surface area contributed by atoms with Crippen LogP contribution in [0.15, 0.2) is 11.5 Å². The molecule has 0 saturated carbocycles. The Bertz CT molecular complexity index is 655. The van der Waals surface area contributed by atoms with E-state index >= 15 is 0 Å². The lowest BCUT2D eigenvalue weighted by Gasteiger charge is -2.24. The Balaban J connectivity index is 3.93. The molecule has 1 atom stereocenters. The van der Waals surface area contributed by atoms with Crippen LogP contribution in [0.3, 0.4) is 0 Å². The summed E-state index contributed by atoms with van der Waals surface area (Å²) < 4.78 is 135. The number of rotatable bonds is 4. The van der Waals surface area contributed by atoms with Crippen LogP contribution in [0.25, 0.3) is 0 Å². The number of benzene rings is 1. The molecule has 0 spiro atoms. The summed E-state index contributed by atoms with van der Waals surface area (Å²) in [6.45, 7) is 0.277. The first-order valence-electron chi connectivity index (χ1n) is 5.78. The van der Waals surface area contributed by atoms with Gasteiger partial charge in [-0.25, -0.2) is 22.0 Å². The van der Waals surface area contributed by atoms with E-state index in [9.17, 15) is 43.9 Å². The summed E-state index contributed by atoms with van der Waals surface area (Å²) in [6.07, 6.45) is -9.05. The zero-order chi connectivity index (χ0) is 19.0. The van der Waals surface area contributed by atoms with Crippen LogP contribution < -0.4 is 5.19 Å². The Hall–Kier alpha value is -1.27. The van der Waals surface area contributed by atoms with E-state index in [1.54, 1.807) is 0 Å². The summed E-state index contributed by atoms with van der Waals surface area (Å²) in [5.74, 6) is -11.5. The van der Waals surface area contributed by atoms with Crippen molar-refractivity contribution in [2.75, 3.05) is 6.61 Å². The van der Waals surface area contributed by atoms with Crippen molar-refractivity contribution in [3.05, 3.63) is 40.4 Å². The van der Waals surface area contributed by atoms with Gasteiger partial charge in [-0.05, 0) is 6.92 Å². The molecule has 0 aliphatic rings. The van der Waals surface area contributed by atoms with Crippen LogP contribution in [0.5, 0.6) is 0 Å². The maximum Gasteiger partial charge on any atom is 0.422 e. The highest BCUT2D eigenvalue weighted by atomic mass is 35.6. The summed E-state index contributed by atoms with van der Waals surface area (Å²) in [4.78, 5) is 0. The molecule has 0 fully saturated rings. The fourth-order valence-corrected chi connectivity index (χ4v) is 4.68. The normalized spacial score (nSPS) is 14.5. The van der Waals surface area contributed by atoms with Crippen molar-refractivity contribution < 1.29 is 48.3 Å². The Morgan fingerprint density at radius 3 is 1.67 bits per heavy atom. The van der Waals surface area contributed by atoms with Crippen LogP contribution in [-0.2, 0) is 10.6 Å². The molecule has 0 bridgehead atoms. The van der Waals surface area contributed by atoms with Gasteiger partial charge < -0.3 is 4.43 Å². The summed E-state index contributed by atoms with van der Waals surface area (Å²) >= 11 is 5.34. The fourth-order valence-electron chi connectivity index (χ4n) is 1.73. The first-order chi connectivity index (χ1) is 10.8. The zero-order valence-electron chi connectivity index (χ0n) is 11.3. The molecule has 0 radical (unpaired) electrons. The van der Waals surface area contributed by atoms with Gasteiger partial charge in [0.15, 0.2) is 28.7 Å². The molecule has 0 aromatic heterocycles. The van der Waals surface area contributed by atoms with Crippen molar-refractivity contribution in [2.45, 2.75) is 13.1 Å². The minimum atomic E-state index is -5.85. The third kappa shape index (κ3) is 3.40. The average Bonchev–Trinajstić information content (AvgIpc) is 2.43. The summed E-state index contributed by atoms with van der Waals surface area (Å²) in [5, 5.41) is -2.18. The Morgan fingerprint density at radius 1 is 0.958 bits per heavy atom. The molecule has 13 heteroatoms. The van der Waals surface area contributed by atoms with Gasteiger partial charge in [-0.2, -0.15) is 22.0 Å². The monoisotopic (exact) mass is 406 g/mol. The molecule has 0 N–H and O–H groups in total. The van der Waals surface area contributed by atoms with E-state index in [-0.39, 0.29) is 0 Å². The maximum absolute atomic E-state index is 13.8. The van der Waals surface area contributed by atoms with Crippen molar-refractivity contribution in [1.82, 2.24) is 0 Å². The van der Waals surface area contributed by atoms with E-state index in [4.69, 9.17) is 11.1 Å². The molecular weight excluding hydrogens is 402 g/mol. The van der Waals surface area contributed by atoms with Crippen molar-refractivity contribution in [3.63, 3.8) is 0 Å². The molecule has 0 amide bonds. The third-order valence-electron chi connectivity index (χ3n) is 2.66. The number of hydrogen-bond acceptors (Lipinski definition) is 1. The molecule has 0 aliphatic heterocycles. The molecule has 1 rings (SSSR count). The lowest BCUT2D eigenvalue weighted by atomic mass is 10.1. The van der Waals surface area contributed by atoms with Crippen LogP contribution in [-0.4, -0.2) is 14.2 Å². The first-order valence-corrected chi connectivity index (χ1v) is 8.70. The molecule has 1 aromatic rings. The summed E-state index contributed by atoms with van der Waals surface area (Å²) in [5.41, 5.74) is -5.65. The molecule has 1 aromatic carbocycles. The number of hydrogen-bond donors (Lipinski definition) is 0. The highest BCUT2D eigenvalue weighted by Gasteiger charge is 2.53. The minimum absolute atomic E-state index is 0.737. The molecule has 0 saturated heterocycles. The highest BCUT2D eigenvalue weighted by molar-refractivity contribution is 7.27. The number of alkyl halides is 3. The quantitative estimate of drug-likeness (QED) is 0.302. The van der Waals surface area contributed by atoms with E-state index in [1.807, 2.05) is 0 Å². The Morgan fingerprint density at radius 2 is 1.38 bits per heavy atom. The summed E-state index contributed by atoms with van der Waals surface area (Å²) in [7, 11) is -5.69. The summed E-state index contributed by atoms with van der Waals surface area (Å²) in [6, 6.07) is 0. The van der Waals surface area contributed by atoms with Crippen LogP contribution in [0, 0.1) is 23.3 Å². The van der Waals surface area contributed by atoms with E-state index < -0.39 is 66.0 Å². The van der Waals surface area contributed by atoms with E-state index in [1.165, 1.54) is 0 Å². The molecule has 0 heterocycles. The van der Waals surface area contributed by atoms with Gasteiger partial charge >= 0.3 is 19.9 Å². The van der Waals surface area contributed by atoms with Crippen LogP contribution in [0.1, 0.15) is 12.5 Å². The van der Waals surface area contributed by atoms with Crippen LogP contribution in [0.2, 0.25) is 0 Å². The fraction of sp³-hybridized carbons (Fsp3) is 0.273. The van der Waals surface area contributed by atoms with Crippen LogP contribution in [0.4, 0.5) is 43.9 Å². The molecule has 1 nitrogen and oxygen atoms in total. The van der Waals surface area contributed by atoms with Crippen molar-refractivity contribution in [2.24, 2.45) is 0 Å². The molecular formula is C11H5ClF10OSi. The number of halogens is 11. The topological polar surface area (TPSA) is 9.23 Å². The molecule has 136 valence electrons. The lowest BCUT2D eigenvalue weighted by molar-refractivity contribution is -0.143. The van der Waals surface area contributed by atoms with Gasteiger partial charge in [0.05, 0.1) is 5.19 Å². The van der Waals surface area contributed by atoms with Gasteiger partial charge in [0, 0.05) is 6.61 Å². The second-order valence-electron chi connectivity index (χ2n) is 4.11. The lowest BCUT2D eigenvalue weighted by Crippen LogP contribution is -2.52. The predicted octanol–water partition coefficient (Wildman–Crippen LogP) is 4.80. The van der Waals surface area contributed by atoms with Gasteiger partial charge in [-0.15, -0.1) is 11.1 Å². The second kappa shape index (κ2) is 6.92. The maximum atomic E-state index is 13.8. The predicted molar refractivity (Wildman–Crippen MR) is 64.5 cm³/mol. The standard InChI is InChI=1S/C11H5ClF10OSi/c1-2-23-24(12,10(19)9(17)18)8-6(15)4(13)3(11(20,21)22)5(14)7(8)16/h2H2,1H3. The van der Waals surface area contributed by atoms with Crippen molar-refractivity contribution in [1.29, 1.82) is 0 Å². The largest absolute Gasteiger partial charge is 0.422 e. The van der Waals surface area contributed by atoms with Gasteiger partial charge in [0.1, 0.15) is 5.56 Å². The van der Waals surface area contributed by atoms with E-state index in [0.29, 0.717) is 0 Å². The molecule has 0 aliphatic carbocycles. The van der Waals surface area contributed by atoms with E-state index in [0.717, 1.165) is 6.92 Å². The van der Waals surface area contributed by atoms with Crippen molar-refractivity contribution in [3.8, 4) is 0 Å². The van der Waals surface area contributed by atoms with Gasteiger partial charge in [0.2, 0.25) is 0 Å². The highest BCUT2D eigenvalue weighted by Crippen LogP contribution is 2.37. The van der Waals surface area contributed by atoms with E-state index in [2.05, 4.69) is 4.43 Å². The minimum Gasteiger partial charge on any atom is -0.396 e. The van der Waals surface area contributed by atoms with Gasteiger partial charge in [-0.1, -0.05) is 0 Å². The second-order valence-corrected chi connectivity index (χ2v) is 8.12. The van der Waals surface area contributed by atoms with Crippen molar-refractivity contribution >= 4 is 23.9 Å². The SMILES string of the molecule is CCO[Si](Cl)(C(F)=C(F)F)c1c(F)c(F)c(C(F)(F)F)c(F)c1F. The smallest absolute Gasteiger partial charge is 0.396 e. The van der Waals surface area contributed by atoms with Gasteiger partial charge in [0.25, 0.3) is 0 Å². The van der Waals surface area contributed by atoms with Gasteiger partial charge in [-0.3, -0.25) is 0 Å². The molecule has 24 heavy (non-hydrogen) atoms. The molecule has 1 unspecified atom stereocenters.